The van der Waals surface area contributed by atoms with Crippen molar-refractivity contribution in [3.63, 3.8) is 0 Å². The minimum absolute atomic E-state index is 0.152. The van der Waals surface area contributed by atoms with E-state index >= 15 is 0 Å². The van der Waals surface area contributed by atoms with Crippen LogP contribution in [-0.2, 0) is 0 Å². The highest BCUT2D eigenvalue weighted by Gasteiger charge is 1.99. The van der Waals surface area contributed by atoms with Gasteiger partial charge in [0.15, 0.2) is 0 Å². The van der Waals surface area contributed by atoms with Gasteiger partial charge in [-0.25, -0.2) is 9.97 Å². The van der Waals surface area contributed by atoms with Crippen LogP contribution in [-0.4, -0.2) is 9.97 Å². The van der Waals surface area contributed by atoms with Crippen molar-refractivity contribution in [3.8, 4) is 11.8 Å². The van der Waals surface area contributed by atoms with Crippen molar-refractivity contribution in [2.75, 3.05) is 5.73 Å². The molecule has 0 aliphatic rings. The van der Waals surface area contributed by atoms with Crippen LogP contribution in [0.3, 0.4) is 0 Å². The van der Waals surface area contributed by atoms with Crippen molar-refractivity contribution in [3.05, 3.63) is 39.6 Å². The molecule has 2 N–H and O–H groups in total. The minimum Gasteiger partial charge on any atom is -0.395 e. The van der Waals surface area contributed by atoms with Crippen LogP contribution in [0.15, 0.2) is 23.0 Å². The number of halogens is 1. The number of hydrogen-bond donors (Lipinski definition) is 1. The number of nitrogens with zero attached hydrogens (tertiary/aromatic N) is 2. The Hall–Kier alpha value is -1.57. The summed E-state index contributed by atoms with van der Waals surface area (Å²) in [7, 11) is 0. The fourth-order valence-corrected chi connectivity index (χ4v) is 1.66. The highest BCUT2D eigenvalue weighted by Crippen LogP contribution is 2.09. The molecule has 0 fully saturated rings. The van der Waals surface area contributed by atoms with E-state index in [0.29, 0.717) is 11.4 Å². The summed E-state index contributed by atoms with van der Waals surface area (Å²) in [4.78, 5) is 7.68. The number of nitrogens with two attached hydrogens (primary N) is 1. The molecule has 0 aliphatic carbocycles. The van der Waals surface area contributed by atoms with Crippen molar-refractivity contribution in [1.29, 1.82) is 0 Å². The van der Waals surface area contributed by atoms with Crippen molar-refractivity contribution in [1.82, 2.24) is 9.97 Å². The molecule has 74 valence electrons. The quantitative estimate of drug-likeness (QED) is 0.563. The van der Waals surface area contributed by atoms with Crippen molar-refractivity contribution < 1.29 is 0 Å². The van der Waals surface area contributed by atoms with Gasteiger partial charge in [0.05, 0.1) is 11.9 Å². The molecule has 0 bridgehead atoms. The lowest BCUT2D eigenvalue weighted by molar-refractivity contribution is 1.15. The SMILES string of the molecule is Nc1cnc(Cl)nc1C#Cc1ccsc1. The fourth-order valence-electron chi connectivity index (χ4n) is 0.937. The third-order valence-corrected chi connectivity index (χ3v) is 2.50. The molecule has 0 saturated carbocycles. The van der Waals surface area contributed by atoms with Gasteiger partial charge in [-0.15, -0.1) is 0 Å². The molecule has 0 atom stereocenters. The van der Waals surface area contributed by atoms with Crippen molar-refractivity contribution >= 4 is 28.6 Å². The normalized spacial score (nSPS) is 9.40. The summed E-state index contributed by atoms with van der Waals surface area (Å²) in [6.45, 7) is 0. The standard InChI is InChI=1S/C10H6ClN3S/c11-10-13-5-8(12)9(14-10)2-1-7-3-4-15-6-7/h3-6H,12H2. The van der Waals surface area contributed by atoms with E-state index < -0.39 is 0 Å². The zero-order chi connectivity index (χ0) is 10.7. The van der Waals surface area contributed by atoms with Gasteiger partial charge in [-0.1, -0.05) is 5.92 Å². The van der Waals surface area contributed by atoms with Crippen LogP contribution >= 0.6 is 22.9 Å². The molecule has 5 heteroatoms. The van der Waals surface area contributed by atoms with Crippen LogP contribution in [0.4, 0.5) is 5.69 Å². The summed E-state index contributed by atoms with van der Waals surface area (Å²) in [6, 6.07) is 1.93. The van der Waals surface area contributed by atoms with Gasteiger partial charge in [-0.2, -0.15) is 11.3 Å². The second-order valence-corrected chi connectivity index (χ2v) is 3.82. The van der Waals surface area contributed by atoms with Crippen LogP contribution in [0.1, 0.15) is 11.3 Å². The van der Waals surface area contributed by atoms with Crippen LogP contribution in [0.2, 0.25) is 5.28 Å². The first-order chi connectivity index (χ1) is 7.25. The Balaban J connectivity index is 2.35. The molecule has 0 amide bonds. The van der Waals surface area contributed by atoms with E-state index in [9.17, 15) is 0 Å². The highest BCUT2D eigenvalue weighted by molar-refractivity contribution is 7.08. The summed E-state index contributed by atoms with van der Waals surface area (Å²) < 4.78 is 0. The summed E-state index contributed by atoms with van der Waals surface area (Å²) in [5, 5.41) is 4.06. The molecule has 0 unspecified atom stereocenters. The fraction of sp³-hybridized carbons (Fsp3) is 0. The first-order valence-electron chi connectivity index (χ1n) is 4.08. The predicted molar refractivity (Wildman–Crippen MR) is 61.8 cm³/mol. The first kappa shape index (κ1) is 9.97. The second-order valence-electron chi connectivity index (χ2n) is 2.71. The van der Waals surface area contributed by atoms with Crippen LogP contribution in [0, 0.1) is 11.8 Å². The van der Waals surface area contributed by atoms with Crippen LogP contribution in [0.25, 0.3) is 0 Å². The molecular weight excluding hydrogens is 230 g/mol. The van der Waals surface area contributed by atoms with E-state index in [4.69, 9.17) is 17.3 Å². The zero-order valence-electron chi connectivity index (χ0n) is 7.57. The lowest BCUT2D eigenvalue weighted by Gasteiger charge is -1.95. The third-order valence-electron chi connectivity index (χ3n) is 1.63. The summed E-state index contributed by atoms with van der Waals surface area (Å²) in [5.41, 5.74) is 7.48. The Morgan fingerprint density at radius 1 is 1.40 bits per heavy atom. The predicted octanol–water partition coefficient (Wildman–Crippen LogP) is 2.17. The maximum absolute atomic E-state index is 5.65. The number of hydrogen-bond acceptors (Lipinski definition) is 4. The van der Waals surface area contributed by atoms with E-state index in [2.05, 4.69) is 21.8 Å². The average Bonchev–Trinajstić information content (AvgIpc) is 2.72. The highest BCUT2D eigenvalue weighted by atomic mass is 35.5. The lowest BCUT2D eigenvalue weighted by Crippen LogP contribution is -1.95. The van der Waals surface area contributed by atoms with Gasteiger partial charge in [0, 0.05) is 10.9 Å². The Kier molecular flexibility index (Phi) is 2.86. The second kappa shape index (κ2) is 4.30. The molecule has 0 aliphatic heterocycles. The molecule has 15 heavy (non-hydrogen) atoms. The smallest absolute Gasteiger partial charge is 0.223 e. The summed E-state index contributed by atoms with van der Waals surface area (Å²) in [6.07, 6.45) is 1.45. The average molecular weight is 236 g/mol. The molecule has 0 radical (unpaired) electrons. The number of aromatic nitrogens is 2. The molecule has 2 aromatic heterocycles. The maximum atomic E-state index is 5.65. The van der Waals surface area contributed by atoms with Gasteiger partial charge in [0.1, 0.15) is 5.69 Å². The minimum atomic E-state index is 0.152. The Bertz CT molecular complexity index is 525. The molecular formula is C10H6ClN3S. The van der Waals surface area contributed by atoms with E-state index in [0.717, 1.165) is 5.56 Å². The molecule has 2 heterocycles. The molecule has 3 nitrogen and oxygen atoms in total. The van der Waals surface area contributed by atoms with Gasteiger partial charge < -0.3 is 5.73 Å². The molecule has 2 rings (SSSR count). The molecule has 2 aromatic rings. The lowest BCUT2D eigenvalue weighted by atomic mass is 10.3. The number of thiophene rings is 1. The van der Waals surface area contributed by atoms with Gasteiger partial charge in [0.2, 0.25) is 5.28 Å². The van der Waals surface area contributed by atoms with Crippen molar-refractivity contribution in [2.45, 2.75) is 0 Å². The summed E-state index contributed by atoms with van der Waals surface area (Å²) in [5.74, 6) is 5.79. The number of nitrogen functional groups attached to an aromatic ring is 1. The van der Waals surface area contributed by atoms with Gasteiger partial charge in [0.25, 0.3) is 0 Å². The van der Waals surface area contributed by atoms with E-state index in [1.54, 1.807) is 11.3 Å². The Morgan fingerprint density at radius 2 is 2.27 bits per heavy atom. The molecule has 0 spiro atoms. The van der Waals surface area contributed by atoms with Crippen LogP contribution < -0.4 is 5.73 Å². The van der Waals surface area contributed by atoms with Gasteiger partial charge in [-0.05, 0) is 29.0 Å². The number of anilines is 1. The first-order valence-corrected chi connectivity index (χ1v) is 5.40. The maximum Gasteiger partial charge on any atom is 0.223 e. The molecule has 0 saturated heterocycles. The largest absolute Gasteiger partial charge is 0.395 e. The van der Waals surface area contributed by atoms with Gasteiger partial charge in [-0.3, -0.25) is 0 Å². The Morgan fingerprint density at radius 3 is 3.00 bits per heavy atom. The monoisotopic (exact) mass is 235 g/mol. The topological polar surface area (TPSA) is 51.8 Å². The third kappa shape index (κ3) is 2.46. The Labute approximate surface area is 95.9 Å². The van der Waals surface area contributed by atoms with Gasteiger partial charge >= 0.3 is 0 Å². The van der Waals surface area contributed by atoms with E-state index in [1.807, 2.05) is 16.8 Å². The van der Waals surface area contributed by atoms with E-state index in [1.165, 1.54) is 6.20 Å². The van der Waals surface area contributed by atoms with E-state index in [-0.39, 0.29) is 5.28 Å². The van der Waals surface area contributed by atoms with Crippen LogP contribution in [0.5, 0.6) is 0 Å². The molecule has 0 aromatic carbocycles. The summed E-state index contributed by atoms with van der Waals surface area (Å²) >= 11 is 7.22. The zero-order valence-corrected chi connectivity index (χ0v) is 9.14. The number of rotatable bonds is 0. The van der Waals surface area contributed by atoms with Crippen molar-refractivity contribution in [2.24, 2.45) is 0 Å².